The SMILES string of the molecule is CCOC(=O)C1CCN(C(=O)CC(c2ccc(F)cc2)c2cn(Cc3ccc(C)cc3)c3ccccc23)CC1. The van der Waals surface area contributed by atoms with Crippen LogP contribution in [-0.4, -0.2) is 41.0 Å². The van der Waals surface area contributed by atoms with Crippen LogP contribution in [0.1, 0.15) is 54.4 Å². The molecule has 0 bridgehead atoms. The fraction of sp³-hybridized carbons (Fsp3) is 0.333. The van der Waals surface area contributed by atoms with Crippen LogP contribution in [0.15, 0.2) is 79.0 Å². The zero-order valence-electron chi connectivity index (χ0n) is 22.6. The van der Waals surface area contributed by atoms with Gasteiger partial charge in [0.25, 0.3) is 0 Å². The predicted octanol–water partition coefficient (Wildman–Crippen LogP) is 6.46. The minimum atomic E-state index is -0.299. The van der Waals surface area contributed by atoms with Gasteiger partial charge in [0.2, 0.25) is 5.91 Å². The number of carbonyl (C=O) groups excluding carboxylic acids is 2. The van der Waals surface area contributed by atoms with Gasteiger partial charge in [-0.2, -0.15) is 0 Å². The van der Waals surface area contributed by atoms with E-state index in [1.165, 1.54) is 23.3 Å². The second kappa shape index (κ2) is 11.9. The van der Waals surface area contributed by atoms with E-state index in [2.05, 4.69) is 54.1 Å². The highest BCUT2D eigenvalue weighted by Gasteiger charge is 2.30. The molecule has 1 atom stereocenters. The lowest BCUT2D eigenvalue weighted by molar-refractivity contribution is -0.151. The number of esters is 1. The number of piperidine rings is 1. The molecule has 39 heavy (non-hydrogen) atoms. The lowest BCUT2D eigenvalue weighted by Crippen LogP contribution is -2.41. The van der Waals surface area contributed by atoms with Gasteiger partial charge in [0.15, 0.2) is 0 Å². The van der Waals surface area contributed by atoms with Crippen molar-refractivity contribution in [2.75, 3.05) is 19.7 Å². The van der Waals surface area contributed by atoms with Gasteiger partial charge in [-0.15, -0.1) is 0 Å². The van der Waals surface area contributed by atoms with Crippen molar-refractivity contribution in [3.05, 3.63) is 107 Å². The summed E-state index contributed by atoms with van der Waals surface area (Å²) in [5.74, 6) is -0.810. The van der Waals surface area contributed by atoms with Crippen LogP contribution in [0.25, 0.3) is 10.9 Å². The minimum Gasteiger partial charge on any atom is -0.466 e. The van der Waals surface area contributed by atoms with Crippen molar-refractivity contribution in [3.63, 3.8) is 0 Å². The van der Waals surface area contributed by atoms with Crippen LogP contribution in [0.4, 0.5) is 4.39 Å². The van der Waals surface area contributed by atoms with E-state index in [1.807, 2.05) is 24.0 Å². The van der Waals surface area contributed by atoms with Crippen molar-refractivity contribution in [1.29, 1.82) is 0 Å². The number of aryl methyl sites for hydroxylation is 1. The summed E-state index contributed by atoms with van der Waals surface area (Å²) < 4.78 is 21.3. The molecule has 1 aromatic heterocycles. The molecule has 0 saturated carbocycles. The van der Waals surface area contributed by atoms with E-state index in [-0.39, 0.29) is 36.0 Å². The first kappa shape index (κ1) is 26.7. The average Bonchev–Trinajstić information content (AvgIpc) is 3.31. The van der Waals surface area contributed by atoms with Gasteiger partial charge in [0, 0.05) is 49.1 Å². The number of hydrogen-bond acceptors (Lipinski definition) is 3. The molecule has 202 valence electrons. The molecule has 0 radical (unpaired) electrons. The summed E-state index contributed by atoms with van der Waals surface area (Å²) in [5, 5.41) is 1.09. The molecule has 0 spiro atoms. The smallest absolute Gasteiger partial charge is 0.309 e. The third-order valence-electron chi connectivity index (χ3n) is 7.79. The zero-order valence-corrected chi connectivity index (χ0v) is 22.6. The maximum Gasteiger partial charge on any atom is 0.309 e. The molecule has 5 rings (SSSR count). The Morgan fingerprint density at radius 3 is 2.36 bits per heavy atom. The van der Waals surface area contributed by atoms with Crippen LogP contribution >= 0.6 is 0 Å². The first-order valence-electron chi connectivity index (χ1n) is 13.8. The molecule has 0 N–H and O–H groups in total. The van der Waals surface area contributed by atoms with Crippen molar-refractivity contribution in [3.8, 4) is 0 Å². The molecule has 2 heterocycles. The summed E-state index contributed by atoms with van der Waals surface area (Å²) in [6.07, 6.45) is 3.65. The van der Waals surface area contributed by atoms with E-state index in [1.54, 1.807) is 12.1 Å². The topological polar surface area (TPSA) is 51.5 Å². The van der Waals surface area contributed by atoms with Crippen molar-refractivity contribution < 1.29 is 18.7 Å². The van der Waals surface area contributed by atoms with E-state index >= 15 is 0 Å². The molecular formula is C33H35FN2O3. The maximum atomic E-state index is 13.9. The predicted molar refractivity (Wildman–Crippen MR) is 151 cm³/mol. The maximum absolute atomic E-state index is 13.9. The van der Waals surface area contributed by atoms with Gasteiger partial charge in [0.05, 0.1) is 12.5 Å². The average molecular weight is 527 g/mol. The number of halogens is 1. The molecule has 6 heteroatoms. The molecular weight excluding hydrogens is 491 g/mol. The molecule has 4 aromatic rings. The van der Waals surface area contributed by atoms with Crippen LogP contribution in [0.3, 0.4) is 0 Å². The van der Waals surface area contributed by atoms with E-state index in [0.717, 1.165) is 22.0 Å². The number of benzene rings is 3. The summed E-state index contributed by atoms with van der Waals surface area (Å²) in [5.41, 5.74) is 5.48. The largest absolute Gasteiger partial charge is 0.466 e. The van der Waals surface area contributed by atoms with Gasteiger partial charge < -0.3 is 14.2 Å². The second-order valence-electron chi connectivity index (χ2n) is 10.4. The molecule has 1 unspecified atom stereocenters. The Bertz CT molecular complexity index is 1430. The number of rotatable bonds is 8. The lowest BCUT2D eigenvalue weighted by atomic mass is 9.87. The van der Waals surface area contributed by atoms with Gasteiger partial charge in [0.1, 0.15) is 5.82 Å². The highest BCUT2D eigenvalue weighted by atomic mass is 19.1. The van der Waals surface area contributed by atoms with Crippen LogP contribution in [0.5, 0.6) is 0 Å². The number of carbonyl (C=O) groups is 2. The Kier molecular flexibility index (Phi) is 8.10. The molecule has 1 aliphatic rings. The third-order valence-corrected chi connectivity index (χ3v) is 7.79. The molecule has 5 nitrogen and oxygen atoms in total. The Labute approximate surface area is 229 Å². The van der Waals surface area contributed by atoms with Gasteiger partial charge in [-0.05, 0) is 61.6 Å². The van der Waals surface area contributed by atoms with E-state index < -0.39 is 0 Å². The van der Waals surface area contributed by atoms with Crippen LogP contribution in [0.2, 0.25) is 0 Å². The van der Waals surface area contributed by atoms with E-state index in [4.69, 9.17) is 4.74 Å². The molecule has 1 saturated heterocycles. The Hall–Kier alpha value is -3.93. The van der Waals surface area contributed by atoms with Crippen molar-refractivity contribution in [1.82, 2.24) is 9.47 Å². The summed E-state index contributed by atoms with van der Waals surface area (Å²) in [6, 6.07) is 23.3. The van der Waals surface area contributed by atoms with Crippen molar-refractivity contribution in [2.24, 2.45) is 5.92 Å². The van der Waals surface area contributed by atoms with Crippen molar-refractivity contribution >= 4 is 22.8 Å². The molecule has 1 amide bonds. The quantitative estimate of drug-likeness (QED) is 0.248. The van der Waals surface area contributed by atoms with Crippen molar-refractivity contribution in [2.45, 2.75) is 45.6 Å². The first-order valence-corrected chi connectivity index (χ1v) is 13.8. The fourth-order valence-corrected chi connectivity index (χ4v) is 5.60. The van der Waals surface area contributed by atoms with E-state index in [0.29, 0.717) is 39.1 Å². The van der Waals surface area contributed by atoms with Gasteiger partial charge in [-0.3, -0.25) is 9.59 Å². The Morgan fingerprint density at radius 1 is 0.974 bits per heavy atom. The molecule has 1 aliphatic heterocycles. The number of ether oxygens (including phenoxy) is 1. The number of fused-ring (bicyclic) bond motifs is 1. The molecule has 0 aliphatic carbocycles. The standard InChI is InChI=1S/C33H35FN2O3/c1-3-39-33(38)26-16-18-35(19-17-26)32(37)20-29(25-12-14-27(34)15-13-25)30-22-36(31-7-5-4-6-28(30)31)21-24-10-8-23(2)9-11-24/h4-15,22,26,29H,3,16-21H2,1-2H3. The monoisotopic (exact) mass is 526 g/mol. The minimum absolute atomic E-state index is 0.0435. The third kappa shape index (κ3) is 6.06. The van der Waals surface area contributed by atoms with Crippen LogP contribution in [-0.2, 0) is 20.9 Å². The van der Waals surface area contributed by atoms with Gasteiger partial charge >= 0.3 is 5.97 Å². The molecule has 3 aromatic carbocycles. The van der Waals surface area contributed by atoms with Gasteiger partial charge in [-0.1, -0.05) is 60.2 Å². The number of para-hydroxylation sites is 1. The lowest BCUT2D eigenvalue weighted by Gasteiger charge is -2.32. The number of nitrogens with zero attached hydrogens (tertiary/aromatic N) is 2. The van der Waals surface area contributed by atoms with E-state index in [9.17, 15) is 14.0 Å². The number of aromatic nitrogens is 1. The zero-order chi connectivity index (χ0) is 27.4. The van der Waals surface area contributed by atoms with Crippen LogP contribution < -0.4 is 0 Å². The fourth-order valence-electron chi connectivity index (χ4n) is 5.60. The van der Waals surface area contributed by atoms with Gasteiger partial charge in [-0.25, -0.2) is 4.39 Å². The highest BCUT2D eigenvalue weighted by Crippen LogP contribution is 2.36. The summed E-state index contributed by atoms with van der Waals surface area (Å²) in [6.45, 7) is 6.04. The second-order valence-corrected chi connectivity index (χ2v) is 10.4. The summed E-state index contributed by atoms with van der Waals surface area (Å²) in [7, 11) is 0. The molecule has 1 fully saturated rings. The highest BCUT2D eigenvalue weighted by molar-refractivity contribution is 5.87. The first-order chi connectivity index (χ1) is 18.9. The number of hydrogen-bond donors (Lipinski definition) is 0. The Balaban J connectivity index is 1.44. The number of likely N-dealkylation sites (tertiary alicyclic amines) is 1. The summed E-state index contributed by atoms with van der Waals surface area (Å²) in [4.78, 5) is 27.6. The normalized spacial score (nSPS) is 14.9. The van der Waals surface area contributed by atoms with Crippen LogP contribution in [0, 0.1) is 18.7 Å². The Morgan fingerprint density at radius 2 is 1.67 bits per heavy atom. The summed E-state index contributed by atoms with van der Waals surface area (Å²) >= 11 is 0. The number of amides is 1.